The fourth-order valence-electron chi connectivity index (χ4n) is 2.03. The van der Waals surface area contributed by atoms with Gasteiger partial charge < -0.3 is 10.1 Å². The minimum Gasteiger partial charge on any atom is -0.487 e. The second kappa shape index (κ2) is 6.54. The van der Waals surface area contributed by atoms with E-state index >= 15 is 0 Å². The molecular weight excluding hydrogens is 335 g/mol. The van der Waals surface area contributed by atoms with E-state index in [0.717, 1.165) is 16.6 Å². The summed E-state index contributed by atoms with van der Waals surface area (Å²) in [5.74, 6) is 0.374. The monoisotopic (exact) mass is 350 g/mol. The van der Waals surface area contributed by atoms with Crippen LogP contribution in [0.25, 0.3) is 0 Å². The number of halogens is 2. The molecule has 5 heteroatoms. The van der Waals surface area contributed by atoms with Crippen LogP contribution in [0.15, 0.2) is 41.1 Å². The van der Waals surface area contributed by atoms with Crippen molar-refractivity contribution >= 4 is 15.9 Å². The van der Waals surface area contributed by atoms with Gasteiger partial charge in [0.05, 0.1) is 6.20 Å². The average Bonchev–Trinajstić information content (AvgIpc) is 3.29. The first-order valence-electron chi connectivity index (χ1n) is 6.95. The predicted molar refractivity (Wildman–Crippen MR) is 82.5 cm³/mol. The van der Waals surface area contributed by atoms with Gasteiger partial charge in [0.2, 0.25) is 0 Å². The summed E-state index contributed by atoms with van der Waals surface area (Å²) in [5.41, 5.74) is 1.64. The molecule has 0 amide bonds. The third-order valence-electron chi connectivity index (χ3n) is 3.36. The molecule has 1 saturated carbocycles. The lowest BCUT2D eigenvalue weighted by molar-refractivity contribution is 0.298. The lowest BCUT2D eigenvalue weighted by atomic mass is 10.1. The molecule has 0 radical (unpaired) electrons. The summed E-state index contributed by atoms with van der Waals surface area (Å²) < 4.78 is 20.3. The highest BCUT2D eigenvalue weighted by Crippen LogP contribution is 2.21. The zero-order valence-electron chi connectivity index (χ0n) is 11.5. The zero-order chi connectivity index (χ0) is 14.7. The van der Waals surface area contributed by atoms with Gasteiger partial charge in [-0.2, -0.15) is 0 Å². The topological polar surface area (TPSA) is 34.1 Å². The molecule has 0 spiro atoms. The normalized spacial score (nSPS) is 14.2. The third-order valence-corrected chi connectivity index (χ3v) is 3.79. The Kier molecular flexibility index (Phi) is 4.51. The fourth-order valence-corrected chi connectivity index (χ4v) is 2.37. The SMILES string of the molecule is Fc1ccc(CNC2CC2)cc1COc1cncc(Br)c1. The van der Waals surface area contributed by atoms with Crippen molar-refractivity contribution in [1.29, 1.82) is 0 Å². The smallest absolute Gasteiger partial charge is 0.139 e. The highest BCUT2D eigenvalue weighted by Gasteiger charge is 2.20. The first-order valence-corrected chi connectivity index (χ1v) is 7.74. The molecule has 1 aromatic heterocycles. The Balaban J connectivity index is 1.64. The van der Waals surface area contributed by atoms with Crippen LogP contribution in [0.4, 0.5) is 4.39 Å². The highest BCUT2D eigenvalue weighted by molar-refractivity contribution is 9.10. The Morgan fingerprint density at radius 3 is 2.90 bits per heavy atom. The molecule has 3 rings (SSSR count). The van der Waals surface area contributed by atoms with Crippen molar-refractivity contribution in [1.82, 2.24) is 10.3 Å². The molecule has 110 valence electrons. The average molecular weight is 351 g/mol. The molecule has 21 heavy (non-hydrogen) atoms. The van der Waals surface area contributed by atoms with Crippen molar-refractivity contribution < 1.29 is 9.13 Å². The number of aromatic nitrogens is 1. The summed E-state index contributed by atoms with van der Waals surface area (Å²) in [6, 6.07) is 7.62. The molecule has 1 heterocycles. The summed E-state index contributed by atoms with van der Waals surface area (Å²) in [7, 11) is 0. The minimum atomic E-state index is -0.242. The molecule has 1 aromatic carbocycles. The number of nitrogens with zero attached hydrogens (tertiary/aromatic N) is 1. The largest absolute Gasteiger partial charge is 0.487 e. The second-order valence-electron chi connectivity index (χ2n) is 5.21. The quantitative estimate of drug-likeness (QED) is 0.859. The van der Waals surface area contributed by atoms with Gasteiger partial charge in [0.1, 0.15) is 18.2 Å². The van der Waals surface area contributed by atoms with E-state index < -0.39 is 0 Å². The predicted octanol–water partition coefficient (Wildman–Crippen LogP) is 3.81. The number of benzene rings is 1. The summed E-state index contributed by atoms with van der Waals surface area (Å²) in [4.78, 5) is 4.02. The van der Waals surface area contributed by atoms with E-state index in [1.54, 1.807) is 12.4 Å². The van der Waals surface area contributed by atoms with Crippen LogP contribution in [0.5, 0.6) is 5.75 Å². The maximum atomic E-state index is 13.8. The molecule has 1 fully saturated rings. The maximum Gasteiger partial charge on any atom is 0.139 e. The molecule has 3 nitrogen and oxygen atoms in total. The Morgan fingerprint density at radius 2 is 2.14 bits per heavy atom. The van der Waals surface area contributed by atoms with Gasteiger partial charge in [-0.1, -0.05) is 6.07 Å². The lowest BCUT2D eigenvalue weighted by Gasteiger charge is -2.09. The molecule has 0 unspecified atom stereocenters. The van der Waals surface area contributed by atoms with Crippen molar-refractivity contribution in [2.24, 2.45) is 0 Å². The fraction of sp³-hybridized carbons (Fsp3) is 0.312. The van der Waals surface area contributed by atoms with Crippen molar-refractivity contribution in [2.75, 3.05) is 0 Å². The first kappa shape index (κ1) is 14.5. The Hall–Kier alpha value is -1.46. The molecule has 2 aromatic rings. The van der Waals surface area contributed by atoms with Crippen LogP contribution in [-0.2, 0) is 13.2 Å². The molecule has 1 aliphatic carbocycles. The lowest BCUT2D eigenvalue weighted by Crippen LogP contribution is -2.15. The van der Waals surface area contributed by atoms with Crippen LogP contribution in [0.1, 0.15) is 24.0 Å². The van der Waals surface area contributed by atoms with E-state index in [9.17, 15) is 4.39 Å². The summed E-state index contributed by atoms with van der Waals surface area (Å²) >= 11 is 3.33. The van der Waals surface area contributed by atoms with Gasteiger partial charge in [-0.15, -0.1) is 0 Å². The van der Waals surface area contributed by atoms with Crippen LogP contribution in [-0.4, -0.2) is 11.0 Å². The van der Waals surface area contributed by atoms with E-state index in [1.807, 2.05) is 18.2 Å². The van der Waals surface area contributed by atoms with Crippen molar-refractivity contribution in [3.05, 3.63) is 58.1 Å². The summed E-state index contributed by atoms with van der Waals surface area (Å²) in [6.45, 7) is 0.970. The van der Waals surface area contributed by atoms with Gasteiger partial charge in [-0.25, -0.2) is 4.39 Å². The number of rotatable bonds is 6. The molecule has 0 bridgehead atoms. The molecule has 0 saturated heterocycles. The molecule has 0 atom stereocenters. The Labute approximate surface area is 131 Å². The summed E-state index contributed by atoms with van der Waals surface area (Å²) in [6.07, 6.45) is 5.78. The first-order chi connectivity index (χ1) is 10.2. The molecule has 1 N–H and O–H groups in total. The van der Waals surface area contributed by atoms with Gasteiger partial charge in [-0.05, 0) is 52.5 Å². The van der Waals surface area contributed by atoms with E-state index in [2.05, 4.69) is 26.2 Å². The van der Waals surface area contributed by atoms with E-state index in [-0.39, 0.29) is 12.4 Å². The third kappa shape index (κ3) is 4.25. The van der Waals surface area contributed by atoms with Crippen molar-refractivity contribution in [2.45, 2.75) is 32.0 Å². The number of hydrogen-bond donors (Lipinski definition) is 1. The van der Waals surface area contributed by atoms with Crippen molar-refractivity contribution in [3.8, 4) is 5.75 Å². The van der Waals surface area contributed by atoms with E-state index in [1.165, 1.54) is 18.9 Å². The van der Waals surface area contributed by atoms with Gasteiger partial charge in [-0.3, -0.25) is 4.98 Å². The van der Waals surface area contributed by atoms with Crippen molar-refractivity contribution in [3.63, 3.8) is 0 Å². The van der Waals surface area contributed by atoms with Crippen LogP contribution in [0, 0.1) is 5.82 Å². The van der Waals surface area contributed by atoms with Gasteiger partial charge in [0.15, 0.2) is 0 Å². The van der Waals surface area contributed by atoms with E-state index in [4.69, 9.17) is 4.74 Å². The maximum absolute atomic E-state index is 13.8. The number of ether oxygens (including phenoxy) is 1. The van der Waals surface area contributed by atoms with Gasteiger partial charge in [0, 0.05) is 28.8 Å². The number of nitrogens with one attached hydrogen (secondary N) is 1. The summed E-state index contributed by atoms with van der Waals surface area (Å²) in [5, 5.41) is 3.42. The zero-order valence-corrected chi connectivity index (χ0v) is 13.1. The van der Waals surface area contributed by atoms with Crippen LogP contribution in [0.3, 0.4) is 0 Å². The Morgan fingerprint density at radius 1 is 1.29 bits per heavy atom. The van der Waals surface area contributed by atoms with Crippen LogP contribution < -0.4 is 10.1 Å². The highest BCUT2D eigenvalue weighted by atomic mass is 79.9. The number of pyridine rings is 1. The van der Waals surface area contributed by atoms with Crippen LogP contribution >= 0.6 is 15.9 Å². The standard InChI is InChI=1S/C16H16BrFN2O/c17-13-6-15(9-19-8-13)21-10-12-5-11(1-4-16(12)18)7-20-14-2-3-14/h1,4-6,8-9,14,20H,2-3,7,10H2. The number of hydrogen-bond acceptors (Lipinski definition) is 3. The molecule has 1 aliphatic rings. The van der Waals surface area contributed by atoms with Gasteiger partial charge in [0.25, 0.3) is 0 Å². The minimum absolute atomic E-state index is 0.196. The Bertz CT molecular complexity index is 631. The van der Waals surface area contributed by atoms with Gasteiger partial charge >= 0.3 is 0 Å². The van der Waals surface area contributed by atoms with Crippen LogP contribution in [0.2, 0.25) is 0 Å². The molecule has 0 aliphatic heterocycles. The second-order valence-corrected chi connectivity index (χ2v) is 6.12. The van der Waals surface area contributed by atoms with E-state index in [0.29, 0.717) is 17.4 Å². The molecular formula is C16H16BrFN2O.